The van der Waals surface area contributed by atoms with Crippen molar-refractivity contribution in [2.45, 2.75) is 32.4 Å². The van der Waals surface area contributed by atoms with Crippen molar-refractivity contribution in [2.75, 3.05) is 12.3 Å². The van der Waals surface area contributed by atoms with E-state index >= 15 is 0 Å². The summed E-state index contributed by atoms with van der Waals surface area (Å²) in [4.78, 5) is 2.35. The fourth-order valence-electron chi connectivity index (χ4n) is 2.30. The van der Waals surface area contributed by atoms with E-state index in [0.717, 1.165) is 25.2 Å². The highest BCUT2D eigenvalue weighted by Crippen LogP contribution is 2.25. The Kier molecular flexibility index (Phi) is 3.12. The zero-order valence-corrected chi connectivity index (χ0v) is 9.61. The summed E-state index contributed by atoms with van der Waals surface area (Å²) in [6.07, 6.45) is 1.59. The monoisotopic (exact) mass is 215 g/mol. The number of nitrogen functional groups attached to an aromatic ring is 1. The molecule has 0 saturated heterocycles. The van der Waals surface area contributed by atoms with Gasteiger partial charge in [0.1, 0.15) is 0 Å². The van der Waals surface area contributed by atoms with Gasteiger partial charge in [0.25, 0.3) is 0 Å². The van der Waals surface area contributed by atoms with Crippen molar-refractivity contribution >= 4 is 5.69 Å². The second-order valence-corrected chi connectivity index (χ2v) is 4.42. The van der Waals surface area contributed by atoms with E-state index in [2.05, 4.69) is 24.0 Å². The topological polar surface area (TPSA) is 53.0 Å². The van der Waals surface area contributed by atoms with Gasteiger partial charge in [-0.15, -0.1) is 0 Å². The third kappa shape index (κ3) is 2.02. The Labute approximate surface area is 96.5 Å². The summed E-state index contributed by atoms with van der Waals surface area (Å²) in [5.41, 5.74) is 9.47. The van der Waals surface area contributed by atoms with Crippen LogP contribution in [0.15, 0.2) is 18.2 Å². The van der Waals surface area contributed by atoms with E-state index in [1.807, 2.05) is 12.1 Å². The molecule has 0 fully saturated rings. The van der Waals surface area contributed by atoms with Gasteiger partial charge in [-0.25, -0.2) is 0 Å². The lowest BCUT2D eigenvalue weighted by atomic mass is 9.97. The Hall–Kier alpha value is -1.53. The SMILES string of the molecule is CC(CC#N)N1CCc2c(N)cccc2C1. The lowest BCUT2D eigenvalue weighted by Gasteiger charge is -2.33. The van der Waals surface area contributed by atoms with Crippen molar-refractivity contribution in [3.8, 4) is 6.07 Å². The number of fused-ring (bicyclic) bond motifs is 1. The largest absolute Gasteiger partial charge is 0.398 e. The summed E-state index contributed by atoms with van der Waals surface area (Å²) in [6, 6.07) is 8.67. The van der Waals surface area contributed by atoms with Crippen LogP contribution < -0.4 is 5.73 Å². The summed E-state index contributed by atoms with van der Waals surface area (Å²) in [5, 5.41) is 8.71. The first-order chi connectivity index (χ1) is 7.72. The highest BCUT2D eigenvalue weighted by Gasteiger charge is 2.21. The van der Waals surface area contributed by atoms with Crippen LogP contribution in [0.1, 0.15) is 24.5 Å². The number of benzene rings is 1. The summed E-state index contributed by atoms with van der Waals surface area (Å²) < 4.78 is 0. The Morgan fingerprint density at radius 2 is 2.38 bits per heavy atom. The first-order valence-electron chi connectivity index (χ1n) is 5.69. The number of hydrogen-bond acceptors (Lipinski definition) is 3. The van der Waals surface area contributed by atoms with Crippen LogP contribution >= 0.6 is 0 Å². The Balaban J connectivity index is 2.16. The summed E-state index contributed by atoms with van der Waals surface area (Å²) in [6.45, 7) is 4.04. The van der Waals surface area contributed by atoms with Crippen LogP contribution in [0.5, 0.6) is 0 Å². The number of hydrogen-bond donors (Lipinski definition) is 1. The first kappa shape index (κ1) is 11.0. The Bertz CT molecular complexity index is 420. The standard InChI is InChI=1S/C13H17N3/c1-10(5-7-14)16-8-6-12-11(9-16)3-2-4-13(12)15/h2-4,10H,5-6,8-9,15H2,1H3. The van der Waals surface area contributed by atoms with E-state index in [9.17, 15) is 0 Å². The molecule has 16 heavy (non-hydrogen) atoms. The van der Waals surface area contributed by atoms with Crippen LogP contribution in [0.2, 0.25) is 0 Å². The molecule has 0 saturated carbocycles. The fourth-order valence-corrected chi connectivity index (χ4v) is 2.30. The Morgan fingerprint density at radius 3 is 3.12 bits per heavy atom. The quantitative estimate of drug-likeness (QED) is 0.767. The molecule has 0 radical (unpaired) electrons. The molecule has 1 unspecified atom stereocenters. The van der Waals surface area contributed by atoms with Crippen molar-refractivity contribution in [1.29, 1.82) is 5.26 Å². The molecule has 84 valence electrons. The third-order valence-corrected chi connectivity index (χ3v) is 3.34. The Morgan fingerprint density at radius 1 is 1.56 bits per heavy atom. The molecule has 1 aromatic rings. The minimum atomic E-state index is 0.333. The second-order valence-electron chi connectivity index (χ2n) is 4.42. The molecule has 3 heteroatoms. The van der Waals surface area contributed by atoms with Crippen LogP contribution in [0.4, 0.5) is 5.69 Å². The molecule has 2 rings (SSSR count). The minimum absolute atomic E-state index is 0.333. The smallest absolute Gasteiger partial charge is 0.0638 e. The number of nitrogens with two attached hydrogens (primary N) is 1. The molecule has 3 nitrogen and oxygen atoms in total. The molecule has 0 aromatic heterocycles. The van der Waals surface area contributed by atoms with Crippen molar-refractivity contribution < 1.29 is 0 Å². The average Bonchev–Trinajstić information content (AvgIpc) is 2.29. The molecule has 0 aliphatic carbocycles. The number of anilines is 1. The zero-order valence-electron chi connectivity index (χ0n) is 9.61. The lowest BCUT2D eigenvalue weighted by Crippen LogP contribution is -2.37. The van der Waals surface area contributed by atoms with Gasteiger partial charge in [-0.2, -0.15) is 5.26 Å². The number of rotatable bonds is 2. The van der Waals surface area contributed by atoms with Gasteiger partial charge in [0, 0.05) is 24.8 Å². The van der Waals surface area contributed by atoms with Gasteiger partial charge in [-0.3, -0.25) is 4.90 Å². The van der Waals surface area contributed by atoms with E-state index in [0.29, 0.717) is 12.5 Å². The van der Waals surface area contributed by atoms with Crippen molar-refractivity contribution in [3.05, 3.63) is 29.3 Å². The maximum absolute atomic E-state index is 8.71. The van der Waals surface area contributed by atoms with Crippen molar-refractivity contribution in [3.63, 3.8) is 0 Å². The molecule has 0 spiro atoms. The maximum Gasteiger partial charge on any atom is 0.0638 e. The molecule has 0 bridgehead atoms. The minimum Gasteiger partial charge on any atom is -0.398 e. The molecule has 1 atom stereocenters. The van der Waals surface area contributed by atoms with E-state index < -0.39 is 0 Å². The molecular formula is C13H17N3. The van der Waals surface area contributed by atoms with E-state index in [4.69, 9.17) is 11.0 Å². The van der Waals surface area contributed by atoms with Gasteiger partial charge in [0.2, 0.25) is 0 Å². The zero-order chi connectivity index (χ0) is 11.5. The van der Waals surface area contributed by atoms with Gasteiger partial charge < -0.3 is 5.73 Å². The predicted octanol–water partition coefficient (Wildman–Crippen LogP) is 1.93. The van der Waals surface area contributed by atoms with Gasteiger partial charge >= 0.3 is 0 Å². The first-order valence-corrected chi connectivity index (χ1v) is 5.69. The van der Waals surface area contributed by atoms with Crippen LogP contribution in [0, 0.1) is 11.3 Å². The van der Waals surface area contributed by atoms with Crippen molar-refractivity contribution in [1.82, 2.24) is 4.90 Å². The average molecular weight is 215 g/mol. The van der Waals surface area contributed by atoms with Crippen LogP contribution in [-0.2, 0) is 13.0 Å². The maximum atomic E-state index is 8.71. The number of nitrogens with zero attached hydrogens (tertiary/aromatic N) is 2. The molecule has 1 aromatic carbocycles. The molecule has 1 aliphatic rings. The summed E-state index contributed by atoms with van der Waals surface area (Å²) >= 11 is 0. The molecule has 1 aliphatic heterocycles. The van der Waals surface area contributed by atoms with E-state index in [1.54, 1.807) is 0 Å². The van der Waals surface area contributed by atoms with Gasteiger partial charge in [-0.1, -0.05) is 12.1 Å². The second kappa shape index (κ2) is 4.54. The normalized spacial score (nSPS) is 17.5. The highest BCUT2D eigenvalue weighted by atomic mass is 15.2. The van der Waals surface area contributed by atoms with Crippen molar-refractivity contribution in [2.24, 2.45) is 0 Å². The van der Waals surface area contributed by atoms with E-state index in [1.165, 1.54) is 11.1 Å². The van der Waals surface area contributed by atoms with Gasteiger partial charge in [-0.05, 0) is 30.5 Å². The summed E-state index contributed by atoms with van der Waals surface area (Å²) in [5.74, 6) is 0. The lowest BCUT2D eigenvalue weighted by molar-refractivity contribution is 0.193. The highest BCUT2D eigenvalue weighted by molar-refractivity contribution is 5.51. The van der Waals surface area contributed by atoms with E-state index in [-0.39, 0.29) is 0 Å². The predicted molar refractivity (Wildman–Crippen MR) is 64.7 cm³/mol. The van der Waals surface area contributed by atoms with Crippen LogP contribution in [0.25, 0.3) is 0 Å². The van der Waals surface area contributed by atoms with Gasteiger partial charge in [0.15, 0.2) is 0 Å². The molecule has 2 N–H and O–H groups in total. The molecule has 1 heterocycles. The van der Waals surface area contributed by atoms with Gasteiger partial charge in [0.05, 0.1) is 12.5 Å². The van der Waals surface area contributed by atoms with Crippen LogP contribution in [0.3, 0.4) is 0 Å². The van der Waals surface area contributed by atoms with Crippen LogP contribution in [-0.4, -0.2) is 17.5 Å². The number of nitriles is 1. The molecular weight excluding hydrogens is 198 g/mol. The molecule has 0 amide bonds. The third-order valence-electron chi connectivity index (χ3n) is 3.34. The summed E-state index contributed by atoms with van der Waals surface area (Å²) in [7, 11) is 0. The fraction of sp³-hybridized carbons (Fsp3) is 0.462.